The monoisotopic (exact) mass is 251 g/mol. The van der Waals surface area contributed by atoms with Gasteiger partial charge in [-0.05, 0) is 37.0 Å². The van der Waals surface area contributed by atoms with E-state index >= 15 is 0 Å². The first-order chi connectivity index (χ1) is 8.20. The summed E-state index contributed by atoms with van der Waals surface area (Å²) in [5.74, 6) is 0.713. The summed E-state index contributed by atoms with van der Waals surface area (Å²) in [6, 6.07) is 5.81. The van der Waals surface area contributed by atoms with E-state index in [0.717, 1.165) is 11.1 Å². The standard InChI is InChI=1S/C13H17NO2S/c1-15-12-6-5-9(7-11(12)13(14)17)8-16-10-3-2-4-10/h5-7,10H,2-4,8H2,1H3,(H2,14,17). The molecule has 1 aromatic rings. The largest absolute Gasteiger partial charge is 0.496 e. The smallest absolute Gasteiger partial charge is 0.129 e. The van der Waals surface area contributed by atoms with Gasteiger partial charge in [0, 0.05) is 0 Å². The van der Waals surface area contributed by atoms with Crippen LogP contribution in [0.15, 0.2) is 18.2 Å². The first-order valence-corrected chi connectivity index (χ1v) is 6.20. The molecule has 1 saturated carbocycles. The highest BCUT2D eigenvalue weighted by atomic mass is 32.1. The van der Waals surface area contributed by atoms with Crippen LogP contribution < -0.4 is 10.5 Å². The van der Waals surface area contributed by atoms with E-state index in [1.807, 2.05) is 18.2 Å². The van der Waals surface area contributed by atoms with Gasteiger partial charge >= 0.3 is 0 Å². The van der Waals surface area contributed by atoms with Crippen LogP contribution in [0.3, 0.4) is 0 Å². The SMILES string of the molecule is COc1ccc(COC2CCC2)cc1C(N)=S. The van der Waals surface area contributed by atoms with Gasteiger partial charge in [-0.15, -0.1) is 0 Å². The first kappa shape index (κ1) is 12.3. The maximum atomic E-state index is 5.75. The van der Waals surface area contributed by atoms with Gasteiger partial charge in [-0.1, -0.05) is 18.3 Å². The highest BCUT2D eigenvalue weighted by Gasteiger charge is 2.18. The maximum absolute atomic E-state index is 5.75. The highest BCUT2D eigenvalue weighted by molar-refractivity contribution is 7.80. The molecule has 17 heavy (non-hydrogen) atoms. The van der Waals surface area contributed by atoms with Gasteiger partial charge in [-0.2, -0.15) is 0 Å². The maximum Gasteiger partial charge on any atom is 0.129 e. The fourth-order valence-electron chi connectivity index (χ4n) is 1.79. The lowest BCUT2D eigenvalue weighted by molar-refractivity contribution is -0.00867. The molecule has 0 aliphatic heterocycles. The fraction of sp³-hybridized carbons (Fsp3) is 0.462. The van der Waals surface area contributed by atoms with Crippen LogP contribution in [0, 0.1) is 0 Å². The van der Waals surface area contributed by atoms with Crippen LogP contribution in [0.1, 0.15) is 30.4 Å². The Morgan fingerprint density at radius 1 is 1.47 bits per heavy atom. The fourth-order valence-corrected chi connectivity index (χ4v) is 1.95. The topological polar surface area (TPSA) is 44.5 Å². The van der Waals surface area contributed by atoms with Crippen LogP contribution in [0.4, 0.5) is 0 Å². The van der Waals surface area contributed by atoms with Crippen LogP contribution >= 0.6 is 12.2 Å². The van der Waals surface area contributed by atoms with Gasteiger partial charge in [0.25, 0.3) is 0 Å². The molecule has 0 bridgehead atoms. The first-order valence-electron chi connectivity index (χ1n) is 5.79. The Bertz CT molecular complexity index is 416. The number of benzene rings is 1. The number of hydrogen-bond acceptors (Lipinski definition) is 3. The van der Waals surface area contributed by atoms with Crippen molar-refractivity contribution < 1.29 is 9.47 Å². The number of rotatable bonds is 5. The van der Waals surface area contributed by atoms with Gasteiger partial charge in [0.1, 0.15) is 10.7 Å². The van der Waals surface area contributed by atoms with E-state index in [9.17, 15) is 0 Å². The molecule has 0 aromatic heterocycles. The molecular formula is C13H17NO2S. The summed E-state index contributed by atoms with van der Waals surface area (Å²) in [7, 11) is 1.61. The number of methoxy groups -OCH3 is 1. The number of thiocarbonyl (C=S) groups is 1. The van der Waals surface area contributed by atoms with Crippen LogP contribution in [0.5, 0.6) is 5.75 Å². The van der Waals surface area contributed by atoms with Gasteiger partial charge in [0.15, 0.2) is 0 Å². The van der Waals surface area contributed by atoms with E-state index in [-0.39, 0.29) is 0 Å². The molecule has 1 aliphatic carbocycles. The Morgan fingerprint density at radius 2 is 2.24 bits per heavy atom. The lowest BCUT2D eigenvalue weighted by Gasteiger charge is -2.25. The van der Waals surface area contributed by atoms with Gasteiger partial charge in [-0.3, -0.25) is 0 Å². The van der Waals surface area contributed by atoms with E-state index in [1.54, 1.807) is 7.11 Å². The van der Waals surface area contributed by atoms with Gasteiger partial charge < -0.3 is 15.2 Å². The minimum absolute atomic E-state index is 0.354. The van der Waals surface area contributed by atoms with E-state index in [2.05, 4.69) is 0 Å². The van der Waals surface area contributed by atoms with Crippen molar-refractivity contribution in [3.63, 3.8) is 0 Å². The van der Waals surface area contributed by atoms with Crippen LogP contribution in [-0.2, 0) is 11.3 Å². The molecule has 0 spiro atoms. The molecule has 0 unspecified atom stereocenters. The molecule has 1 aromatic carbocycles. The Hall–Kier alpha value is -1.13. The van der Waals surface area contributed by atoms with Gasteiger partial charge in [-0.25, -0.2) is 0 Å². The third-order valence-corrected chi connectivity index (χ3v) is 3.29. The molecule has 2 N–H and O–H groups in total. The Balaban J connectivity index is 2.06. The van der Waals surface area contributed by atoms with Gasteiger partial charge in [0.05, 0.1) is 25.4 Å². The third-order valence-electron chi connectivity index (χ3n) is 3.07. The minimum atomic E-state index is 0.354. The van der Waals surface area contributed by atoms with E-state index in [4.69, 9.17) is 27.4 Å². The molecule has 1 aliphatic rings. The summed E-state index contributed by atoms with van der Waals surface area (Å²) >= 11 is 5.00. The summed E-state index contributed by atoms with van der Waals surface area (Å²) in [5, 5.41) is 0. The lowest BCUT2D eigenvalue weighted by Crippen LogP contribution is -2.21. The zero-order valence-corrected chi connectivity index (χ0v) is 10.8. The average molecular weight is 251 g/mol. The van der Waals surface area contributed by atoms with Crippen molar-refractivity contribution in [1.29, 1.82) is 0 Å². The normalized spacial score (nSPS) is 15.4. The molecule has 1 fully saturated rings. The Kier molecular flexibility index (Phi) is 3.97. The summed E-state index contributed by atoms with van der Waals surface area (Å²) in [4.78, 5) is 0.354. The van der Waals surface area contributed by atoms with Crippen molar-refractivity contribution in [2.45, 2.75) is 32.0 Å². The van der Waals surface area contributed by atoms with Gasteiger partial charge in [0.2, 0.25) is 0 Å². The molecule has 92 valence electrons. The zero-order valence-electron chi connectivity index (χ0n) is 9.94. The molecule has 0 amide bonds. The summed E-state index contributed by atoms with van der Waals surface area (Å²) in [6.07, 6.45) is 4.08. The van der Waals surface area contributed by atoms with Crippen LogP contribution in [0.25, 0.3) is 0 Å². The van der Waals surface area contributed by atoms with Crippen LogP contribution in [0.2, 0.25) is 0 Å². The van der Waals surface area contributed by atoms with Crippen molar-refractivity contribution in [2.24, 2.45) is 5.73 Å². The van der Waals surface area contributed by atoms with Crippen molar-refractivity contribution in [1.82, 2.24) is 0 Å². The van der Waals surface area contributed by atoms with Crippen molar-refractivity contribution in [3.05, 3.63) is 29.3 Å². The summed E-state index contributed by atoms with van der Waals surface area (Å²) in [6.45, 7) is 0.615. The van der Waals surface area contributed by atoms with Crippen molar-refractivity contribution in [3.8, 4) is 5.75 Å². The molecule has 4 heteroatoms. The Morgan fingerprint density at radius 3 is 2.76 bits per heavy atom. The number of hydrogen-bond donors (Lipinski definition) is 1. The van der Waals surface area contributed by atoms with E-state index in [0.29, 0.717) is 23.4 Å². The second-order valence-corrected chi connectivity index (χ2v) is 4.70. The Labute approximate surface area is 107 Å². The summed E-state index contributed by atoms with van der Waals surface area (Å²) < 4.78 is 11.0. The molecule has 3 nitrogen and oxygen atoms in total. The summed E-state index contributed by atoms with van der Waals surface area (Å²) in [5.41, 5.74) is 7.52. The average Bonchev–Trinajstić information content (AvgIpc) is 2.26. The van der Waals surface area contributed by atoms with Crippen molar-refractivity contribution >= 4 is 17.2 Å². The van der Waals surface area contributed by atoms with E-state index in [1.165, 1.54) is 19.3 Å². The molecule has 0 radical (unpaired) electrons. The third kappa shape index (κ3) is 2.96. The quantitative estimate of drug-likeness (QED) is 0.816. The number of nitrogens with two attached hydrogens (primary N) is 1. The second-order valence-electron chi connectivity index (χ2n) is 4.26. The zero-order chi connectivity index (χ0) is 12.3. The predicted molar refractivity (Wildman–Crippen MR) is 71.3 cm³/mol. The molecule has 2 rings (SSSR count). The minimum Gasteiger partial charge on any atom is -0.496 e. The van der Waals surface area contributed by atoms with Crippen LogP contribution in [-0.4, -0.2) is 18.2 Å². The lowest BCUT2D eigenvalue weighted by atomic mass is 9.96. The molecule has 0 saturated heterocycles. The number of ether oxygens (including phenoxy) is 2. The van der Waals surface area contributed by atoms with Crippen molar-refractivity contribution in [2.75, 3.05) is 7.11 Å². The van der Waals surface area contributed by atoms with E-state index < -0.39 is 0 Å². The molecule has 0 atom stereocenters. The molecule has 0 heterocycles. The molecular weight excluding hydrogens is 234 g/mol. The second kappa shape index (κ2) is 5.47. The predicted octanol–water partition coefficient (Wildman–Crippen LogP) is 2.40. The highest BCUT2D eigenvalue weighted by Crippen LogP contribution is 2.25.